The fourth-order valence-electron chi connectivity index (χ4n) is 3.18. The predicted molar refractivity (Wildman–Crippen MR) is 101 cm³/mol. The van der Waals surface area contributed by atoms with E-state index in [0.717, 1.165) is 12.8 Å². The Labute approximate surface area is 157 Å². The van der Waals surface area contributed by atoms with E-state index in [1.54, 1.807) is 6.92 Å². The van der Waals surface area contributed by atoms with Crippen LogP contribution in [-0.4, -0.2) is 24.0 Å². The number of benzene rings is 2. The third-order valence-electron chi connectivity index (χ3n) is 4.65. The third kappa shape index (κ3) is 4.36. The summed E-state index contributed by atoms with van der Waals surface area (Å²) >= 11 is 0. The SMILES string of the molecule is COc1ccc([N+](=O)[O-])cc1NC(=O)[C@H](C)Oc1ccc2c(c1)CCCC2. The highest BCUT2D eigenvalue weighted by molar-refractivity contribution is 5.95. The van der Waals surface area contributed by atoms with Crippen molar-refractivity contribution in [2.24, 2.45) is 0 Å². The van der Waals surface area contributed by atoms with Crippen molar-refractivity contribution in [1.29, 1.82) is 0 Å². The van der Waals surface area contributed by atoms with E-state index in [9.17, 15) is 14.9 Å². The maximum Gasteiger partial charge on any atom is 0.271 e. The molecule has 0 aromatic heterocycles. The number of carbonyl (C=O) groups is 1. The largest absolute Gasteiger partial charge is 0.495 e. The van der Waals surface area contributed by atoms with E-state index in [4.69, 9.17) is 9.47 Å². The van der Waals surface area contributed by atoms with E-state index < -0.39 is 16.9 Å². The second kappa shape index (κ2) is 8.07. The summed E-state index contributed by atoms with van der Waals surface area (Å²) in [5, 5.41) is 13.6. The van der Waals surface area contributed by atoms with Gasteiger partial charge in [-0.3, -0.25) is 14.9 Å². The summed E-state index contributed by atoms with van der Waals surface area (Å²) in [6, 6.07) is 9.96. The number of amides is 1. The topological polar surface area (TPSA) is 90.7 Å². The van der Waals surface area contributed by atoms with Gasteiger partial charge < -0.3 is 14.8 Å². The van der Waals surface area contributed by atoms with E-state index in [1.807, 2.05) is 12.1 Å². The highest BCUT2D eigenvalue weighted by Crippen LogP contribution is 2.29. The highest BCUT2D eigenvalue weighted by Gasteiger charge is 2.20. The minimum atomic E-state index is -0.768. The van der Waals surface area contributed by atoms with Crippen molar-refractivity contribution in [2.45, 2.75) is 38.7 Å². The molecule has 142 valence electrons. The van der Waals surface area contributed by atoms with Crippen molar-refractivity contribution < 1.29 is 19.2 Å². The zero-order valence-corrected chi connectivity index (χ0v) is 15.4. The first kappa shape index (κ1) is 18.7. The van der Waals surface area contributed by atoms with E-state index in [1.165, 1.54) is 49.3 Å². The molecule has 3 rings (SSSR count). The Morgan fingerprint density at radius 1 is 1.15 bits per heavy atom. The third-order valence-corrected chi connectivity index (χ3v) is 4.65. The lowest BCUT2D eigenvalue weighted by Gasteiger charge is -2.19. The Kier molecular flexibility index (Phi) is 5.59. The molecule has 0 aliphatic heterocycles. The molecule has 1 aliphatic rings. The van der Waals surface area contributed by atoms with Gasteiger partial charge in [0.1, 0.15) is 11.5 Å². The van der Waals surface area contributed by atoms with Gasteiger partial charge in [0.15, 0.2) is 6.10 Å². The smallest absolute Gasteiger partial charge is 0.271 e. The number of ether oxygens (including phenoxy) is 2. The summed E-state index contributed by atoms with van der Waals surface area (Å²) in [5.74, 6) is 0.575. The molecular weight excluding hydrogens is 348 g/mol. The first-order valence-corrected chi connectivity index (χ1v) is 8.89. The van der Waals surface area contributed by atoms with E-state index >= 15 is 0 Å². The lowest BCUT2D eigenvalue weighted by Crippen LogP contribution is -2.30. The quantitative estimate of drug-likeness (QED) is 0.615. The molecule has 27 heavy (non-hydrogen) atoms. The summed E-state index contributed by atoms with van der Waals surface area (Å²) in [4.78, 5) is 22.9. The number of anilines is 1. The first-order chi connectivity index (χ1) is 13.0. The van der Waals surface area contributed by atoms with Crippen molar-refractivity contribution in [3.8, 4) is 11.5 Å². The molecule has 0 spiro atoms. The molecule has 0 heterocycles. The molecule has 2 aromatic carbocycles. The number of nitro groups is 1. The summed E-state index contributed by atoms with van der Waals surface area (Å²) in [5.41, 5.74) is 2.71. The van der Waals surface area contributed by atoms with Gasteiger partial charge in [0.05, 0.1) is 17.7 Å². The summed E-state index contributed by atoms with van der Waals surface area (Å²) < 4.78 is 10.9. The molecule has 1 N–H and O–H groups in total. The number of nitro benzene ring substituents is 1. The molecule has 0 saturated heterocycles. The number of nitrogens with zero attached hydrogens (tertiary/aromatic N) is 1. The number of hydrogen-bond donors (Lipinski definition) is 1. The van der Waals surface area contributed by atoms with Crippen LogP contribution < -0.4 is 14.8 Å². The number of fused-ring (bicyclic) bond motifs is 1. The van der Waals surface area contributed by atoms with Gasteiger partial charge in [-0.05, 0) is 61.9 Å². The maximum atomic E-state index is 12.5. The van der Waals surface area contributed by atoms with Crippen molar-refractivity contribution in [3.63, 3.8) is 0 Å². The molecular formula is C20H22N2O5. The Hall–Kier alpha value is -3.09. The van der Waals surface area contributed by atoms with Crippen molar-refractivity contribution >= 4 is 17.3 Å². The number of carbonyl (C=O) groups excluding carboxylic acids is 1. The molecule has 2 aromatic rings. The first-order valence-electron chi connectivity index (χ1n) is 8.89. The van der Waals surface area contributed by atoms with Crippen LogP contribution in [0, 0.1) is 10.1 Å². The average molecular weight is 370 g/mol. The molecule has 7 nitrogen and oxygen atoms in total. The second-order valence-corrected chi connectivity index (χ2v) is 6.53. The second-order valence-electron chi connectivity index (χ2n) is 6.53. The fraction of sp³-hybridized carbons (Fsp3) is 0.350. The molecule has 1 aliphatic carbocycles. The van der Waals surface area contributed by atoms with Crippen LogP contribution in [-0.2, 0) is 17.6 Å². The number of aryl methyl sites for hydroxylation is 2. The van der Waals surface area contributed by atoms with Crippen LogP contribution in [0.15, 0.2) is 36.4 Å². The summed E-state index contributed by atoms with van der Waals surface area (Å²) in [7, 11) is 1.43. The van der Waals surface area contributed by atoms with Crippen molar-refractivity contribution in [2.75, 3.05) is 12.4 Å². The number of nitrogens with one attached hydrogen (secondary N) is 1. The number of hydrogen-bond acceptors (Lipinski definition) is 5. The van der Waals surface area contributed by atoms with Gasteiger partial charge >= 0.3 is 0 Å². The minimum absolute atomic E-state index is 0.130. The van der Waals surface area contributed by atoms with Crippen LogP contribution >= 0.6 is 0 Å². The standard InChI is InChI=1S/C20H22N2O5/c1-13(27-17-9-7-14-5-3-4-6-15(14)11-17)20(23)21-18-12-16(22(24)25)8-10-19(18)26-2/h7-13H,3-6H2,1-2H3,(H,21,23)/t13-/m0/s1. The van der Waals surface area contributed by atoms with Crippen LogP contribution in [0.5, 0.6) is 11.5 Å². The molecule has 0 saturated carbocycles. The van der Waals surface area contributed by atoms with Crippen LogP contribution in [0.4, 0.5) is 11.4 Å². The Morgan fingerprint density at radius 3 is 2.59 bits per heavy atom. The number of methoxy groups -OCH3 is 1. The zero-order chi connectivity index (χ0) is 19.4. The van der Waals surface area contributed by atoms with Gasteiger partial charge in [-0.25, -0.2) is 0 Å². The molecule has 0 bridgehead atoms. The van der Waals surface area contributed by atoms with Crippen LogP contribution in [0.25, 0.3) is 0 Å². The maximum absolute atomic E-state index is 12.5. The van der Waals surface area contributed by atoms with Crippen LogP contribution in [0.1, 0.15) is 30.9 Å². The van der Waals surface area contributed by atoms with Crippen LogP contribution in [0.2, 0.25) is 0 Å². The Morgan fingerprint density at radius 2 is 1.89 bits per heavy atom. The highest BCUT2D eigenvalue weighted by atomic mass is 16.6. The molecule has 1 atom stereocenters. The van der Waals surface area contributed by atoms with Crippen molar-refractivity contribution in [3.05, 3.63) is 57.6 Å². The Balaban J connectivity index is 1.71. The number of non-ortho nitro benzene ring substituents is 1. The lowest BCUT2D eigenvalue weighted by atomic mass is 9.92. The summed E-state index contributed by atoms with van der Waals surface area (Å²) in [6.07, 6.45) is 3.71. The van der Waals surface area contributed by atoms with E-state index in [0.29, 0.717) is 11.5 Å². The predicted octanol–water partition coefficient (Wildman–Crippen LogP) is 3.89. The minimum Gasteiger partial charge on any atom is -0.495 e. The van der Waals surface area contributed by atoms with Gasteiger partial charge in [-0.1, -0.05) is 6.07 Å². The van der Waals surface area contributed by atoms with E-state index in [2.05, 4.69) is 11.4 Å². The Bertz CT molecular complexity index is 865. The normalized spacial score (nSPS) is 14.0. The van der Waals surface area contributed by atoms with Gasteiger partial charge in [0, 0.05) is 12.1 Å². The zero-order valence-electron chi connectivity index (χ0n) is 15.4. The van der Waals surface area contributed by atoms with Gasteiger partial charge in [-0.15, -0.1) is 0 Å². The van der Waals surface area contributed by atoms with Gasteiger partial charge in [0.25, 0.3) is 11.6 Å². The molecule has 1 amide bonds. The molecule has 7 heteroatoms. The molecule has 0 radical (unpaired) electrons. The average Bonchev–Trinajstić information content (AvgIpc) is 2.67. The lowest BCUT2D eigenvalue weighted by molar-refractivity contribution is -0.384. The van der Waals surface area contributed by atoms with Crippen LogP contribution in [0.3, 0.4) is 0 Å². The van der Waals surface area contributed by atoms with E-state index in [-0.39, 0.29) is 11.4 Å². The molecule has 0 fully saturated rings. The molecule has 0 unspecified atom stereocenters. The summed E-state index contributed by atoms with van der Waals surface area (Å²) in [6.45, 7) is 1.64. The van der Waals surface area contributed by atoms with Crippen molar-refractivity contribution in [1.82, 2.24) is 0 Å². The fourth-order valence-corrected chi connectivity index (χ4v) is 3.18. The van der Waals surface area contributed by atoms with Gasteiger partial charge in [-0.2, -0.15) is 0 Å². The number of rotatable bonds is 6. The van der Waals surface area contributed by atoms with Gasteiger partial charge in [0.2, 0.25) is 0 Å². The monoisotopic (exact) mass is 370 g/mol.